The first-order valence-electron chi connectivity index (χ1n) is 3.42. The summed E-state index contributed by atoms with van der Waals surface area (Å²) >= 11 is 10.9. The summed E-state index contributed by atoms with van der Waals surface area (Å²) < 4.78 is 0. The van der Waals surface area contributed by atoms with E-state index in [-0.39, 0.29) is 19.6 Å². The van der Waals surface area contributed by atoms with Gasteiger partial charge in [0.1, 0.15) is 0 Å². The molecule has 0 unspecified atom stereocenters. The number of nitrogens with zero attached hydrogens (tertiary/aromatic N) is 1. The fourth-order valence-electron chi connectivity index (χ4n) is 0.736. The molecule has 0 amide bonds. The fraction of sp³-hybridized carbons (Fsp3) is 0.375. The molecule has 0 aromatic carbocycles. The van der Waals surface area contributed by atoms with Gasteiger partial charge in [0, 0.05) is 17.1 Å². The van der Waals surface area contributed by atoms with Gasteiger partial charge in [-0.15, -0.1) is 6.42 Å². The van der Waals surface area contributed by atoms with E-state index in [1.165, 1.54) is 10.4 Å². The van der Waals surface area contributed by atoms with Crippen molar-refractivity contribution in [1.82, 2.24) is 4.90 Å². The first kappa shape index (κ1) is 12.3. The second-order valence-electron chi connectivity index (χ2n) is 2.30. The molecule has 0 aromatic rings. The first-order chi connectivity index (χ1) is 6.10. The molecule has 0 aliphatic heterocycles. The van der Waals surface area contributed by atoms with Crippen LogP contribution in [0.5, 0.6) is 0 Å². The van der Waals surface area contributed by atoms with Crippen LogP contribution in [-0.2, 0) is 4.79 Å². The van der Waals surface area contributed by atoms with Crippen LogP contribution in [0.3, 0.4) is 0 Å². The Labute approximate surface area is 86.9 Å². The normalized spacial score (nSPS) is 11.4. The Hall–Kier alpha value is -0.690. The van der Waals surface area contributed by atoms with Gasteiger partial charge in [0.2, 0.25) is 0 Å². The van der Waals surface area contributed by atoms with Crippen molar-refractivity contribution in [1.29, 1.82) is 0 Å². The van der Waals surface area contributed by atoms with E-state index in [9.17, 15) is 4.79 Å². The summed E-state index contributed by atoms with van der Waals surface area (Å²) in [5.74, 6) is 1.39. The molecule has 0 heterocycles. The maximum Gasteiger partial charge on any atom is 0.317 e. The minimum atomic E-state index is -0.950. The van der Waals surface area contributed by atoms with Crippen LogP contribution < -0.4 is 0 Å². The van der Waals surface area contributed by atoms with Gasteiger partial charge in [-0.3, -0.25) is 9.69 Å². The average molecular weight is 222 g/mol. The van der Waals surface area contributed by atoms with Gasteiger partial charge in [0.15, 0.2) is 0 Å². The molecule has 0 atom stereocenters. The van der Waals surface area contributed by atoms with Gasteiger partial charge in [-0.25, -0.2) is 0 Å². The molecule has 0 aliphatic carbocycles. The minimum absolute atomic E-state index is 0.148. The number of terminal acetylenes is 1. The number of aliphatic carboxylic acids is 1. The summed E-state index contributed by atoms with van der Waals surface area (Å²) in [6.45, 7) is 0.333. The van der Waals surface area contributed by atoms with Gasteiger partial charge >= 0.3 is 5.97 Å². The number of halogens is 2. The number of carbonyl (C=O) groups is 1. The van der Waals surface area contributed by atoms with Crippen molar-refractivity contribution in [3.8, 4) is 12.3 Å². The Morgan fingerprint density at radius 1 is 1.62 bits per heavy atom. The van der Waals surface area contributed by atoms with Crippen LogP contribution in [0.1, 0.15) is 0 Å². The summed E-state index contributed by atoms with van der Waals surface area (Å²) in [6, 6.07) is 0. The molecular weight excluding hydrogens is 213 g/mol. The molecule has 0 radical (unpaired) electrons. The van der Waals surface area contributed by atoms with Crippen LogP contribution in [-0.4, -0.2) is 35.6 Å². The van der Waals surface area contributed by atoms with Crippen LogP contribution in [0.25, 0.3) is 0 Å². The van der Waals surface area contributed by atoms with E-state index in [2.05, 4.69) is 5.92 Å². The van der Waals surface area contributed by atoms with E-state index < -0.39 is 5.97 Å². The fourth-order valence-corrected chi connectivity index (χ4v) is 0.974. The van der Waals surface area contributed by atoms with Crippen LogP contribution in [0.15, 0.2) is 10.6 Å². The Bertz CT molecular complexity index is 245. The molecule has 0 aromatic heterocycles. The largest absolute Gasteiger partial charge is 0.480 e. The minimum Gasteiger partial charge on any atom is -0.480 e. The molecule has 72 valence electrons. The highest BCUT2D eigenvalue weighted by Crippen LogP contribution is 2.05. The predicted molar refractivity (Wildman–Crippen MR) is 52.7 cm³/mol. The number of hydrogen-bond acceptors (Lipinski definition) is 2. The Morgan fingerprint density at radius 3 is 2.62 bits per heavy atom. The van der Waals surface area contributed by atoms with E-state index >= 15 is 0 Å². The third-order valence-electron chi connectivity index (χ3n) is 1.17. The van der Waals surface area contributed by atoms with Crippen molar-refractivity contribution in [2.24, 2.45) is 0 Å². The van der Waals surface area contributed by atoms with Crippen LogP contribution in [0, 0.1) is 12.3 Å². The van der Waals surface area contributed by atoms with Crippen molar-refractivity contribution >= 4 is 29.2 Å². The quantitative estimate of drug-likeness (QED) is 0.713. The van der Waals surface area contributed by atoms with Crippen molar-refractivity contribution < 1.29 is 9.90 Å². The maximum atomic E-state index is 10.3. The first-order valence-corrected chi connectivity index (χ1v) is 4.24. The number of carboxylic acid groups (broad SMARTS) is 1. The average Bonchev–Trinajstić information content (AvgIpc) is 2.03. The van der Waals surface area contributed by atoms with E-state index in [1.807, 2.05) is 0 Å². The van der Waals surface area contributed by atoms with E-state index in [4.69, 9.17) is 34.7 Å². The number of carboxylic acids is 1. The van der Waals surface area contributed by atoms with Gasteiger partial charge in [0.05, 0.1) is 13.1 Å². The van der Waals surface area contributed by atoms with Crippen molar-refractivity contribution in [2.45, 2.75) is 0 Å². The van der Waals surface area contributed by atoms with Gasteiger partial charge < -0.3 is 5.11 Å². The van der Waals surface area contributed by atoms with Crippen LogP contribution >= 0.6 is 23.2 Å². The second-order valence-corrected chi connectivity index (χ2v) is 3.00. The molecule has 1 N–H and O–H groups in total. The molecule has 3 nitrogen and oxygen atoms in total. The lowest BCUT2D eigenvalue weighted by molar-refractivity contribution is -0.138. The lowest BCUT2D eigenvalue weighted by Crippen LogP contribution is -2.31. The summed E-state index contributed by atoms with van der Waals surface area (Å²) in [6.07, 6.45) is 5.04. The smallest absolute Gasteiger partial charge is 0.317 e. The molecule has 0 rings (SSSR count). The molecule has 0 fully saturated rings. The lowest BCUT2D eigenvalue weighted by Gasteiger charge is -2.15. The number of hydrogen-bond donors (Lipinski definition) is 1. The van der Waals surface area contributed by atoms with Crippen molar-refractivity contribution in [3.63, 3.8) is 0 Å². The molecule has 13 heavy (non-hydrogen) atoms. The summed E-state index contributed by atoms with van der Waals surface area (Å²) in [7, 11) is 0. The zero-order valence-corrected chi connectivity index (χ0v) is 8.35. The molecule has 0 saturated heterocycles. The van der Waals surface area contributed by atoms with Crippen molar-refractivity contribution in [3.05, 3.63) is 10.6 Å². The highest BCUT2D eigenvalue weighted by molar-refractivity contribution is 6.36. The van der Waals surface area contributed by atoms with Crippen LogP contribution in [0.4, 0.5) is 0 Å². The van der Waals surface area contributed by atoms with Crippen molar-refractivity contribution in [2.75, 3.05) is 19.6 Å². The third kappa shape index (κ3) is 6.47. The summed E-state index contributed by atoms with van der Waals surface area (Å²) in [4.78, 5) is 11.8. The maximum absolute atomic E-state index is 10.3. The molecule has 0 saturated carbocycles. The monoisotopic (exact) mass is 221 g/mol. The Balaban J connectivity index is 4.10. The second kappa shape index (κ2) is 6.79. The molecule has 0 bridgehead atoms. The molecular formula is C8H9Cl2NO2. The highest BCUT2D eigenvalue weighted by Gasteiger charge is 2.08. The van der Waals surface area contributed by atoms with E-state index in [1.54, 1.807) is 0 Å². The molecule has 0 spiro atoms. The zero-order chi connectivity index (χ0) is 10.3. The van der Waals surface area contributed by atoms with E-state index in [0.717, 1.165) is 0 Å². The third-order valence-corrected chi connectivity index (χ3v) is 1.77. The highest BCUT2D eigenvalue weighted by atomic mass is 35.5. The predicted octanol–water partition coefficient (Wildman–Crippen LogP) is 1.33. The topological polar surface area (TPSA) is 40.5 Å². The number of rotatable bonds is 5. The molecule has 0 aliphatic rings. The summed E-state index contributed by atoms with van der Waals surface area (Å²) in [5.41, 5.74) is 1.19. The van der Waals surface area contributed by atoms with Crippen LogP contribution in [0.2, 0.25) is 0 Å². The molecule has 5 heteroatoms. The Kier molecular flexibility index (Phi) is 6.43. The zero-order valence-electron chi connectivity index (χ0n) is 6.83. The lowest BCUT2D eigenvalue weighted by atomic mass is 10.4. The van der Waals surface area contributed by atoms with Gasteiger partial charge in [-0.1, -0.05) is 29.1 Å². The summed E-state index contributed by atoms with van der Waals surface area (Å²) in [5, 5.41) is 8.85. The SMILES string of the molecule is C#CCN(CC(=O)O)CC(Cl)=CCl. The Morgan fingerprint density at radius 2 is 2.23 bits per heavy atom. The standard InChI is InChI=1S/C8H9Cl2NO2/c1-2-3-11(6-8(12)13)5-7(10)4-9/h1,4H,3,5-6H2,(H,12,13). The van der Waals surface area contributed by atoms with Gasteiger partial charge in [-0.05, 0) is 0 Å². The van der Waals surface area contributed by atoms with Gasteiger partial charge in [0.25, 0.3) is 0 Å². The van der Waals surface area contributed by atoms with Gasteiger partial charge in [-0.2, -0.15) is 0 Å². The van der Waals surface area contributed by atoms with E-state index in [0.29, 0.717) is 5.03 Å².